The summed E-state index contributed by atoms with van der Waals surface area (Å²) in [7, 11) is 0. The van der Waals surface area contributed by atoms with Crippen LogP contribution in [0.5, 0.6) is 11.5 Å². The molecule has 98 valence electrons. The predicted molar refractivity (Wildman–Crippen MR) is 68.3 cm³/mol. The summed E-state index contributed by atoms with van der Waals surface area (Å²) in [5, 5.41) is 0. The number of carbonyl (C=O) groups excluding carboxylic acids is 1. The first-order chi connectivity index (χ1) is 9.15. The Labute approximate surface area is 109 Å². The highest BCUT2D eigenvalue weighted by Gasteiger charge is 2.16. The number of nitrogens with one attached hydrogen (secondary N) is 1. The minimum atomic E-state index is -0.577. The van der Waals surface area contributed by atoms with Crippen LogP contribution < -0.4 is 15.2 Å². The molecule has 0 saturated carbocycles. The molecule has 6 nitrogen and oxygen atoms in total. The van der Waals surface area contributed by atoms with Crippen LogP contribution in [0.15, 0.2) is 18.2 Å². The second-order valence-electron chi connectivity index (χ2n) is 4.28. The Kier molecular flexibility index (Phi) is 2.63. The molecular weight excluding hydrogens is 246 g/mol. The average Bonchev–Trinajstić information content (AvgIpc) is 2.80. The lowest BCUT2D eigenvalue weighted by Gasteiger charge is -2.18. The van der Waals surface area contributed by atoms with E-state index in [-0.39, 0.29) is 5.82 Å². The number of carbonyl (C=O) groups is 1. The van der Waals surface area contributed by atoms with Crippen molar-refractivity contribution in [2.45, 2.75) is 6.92 Å². The fraction of sp³-hybridized carbons (Fsp3) is 0.231. The highest BCUT2D eigenvalue weighted by Crippen LogP contribution is 2.34. The molecule has 1 aliphatic rings. The maximum atomic E-state index is 11.1. The summed E-state index contributed by atoms with van der Waals surface area (Å²) < 4.78 is 11.0. The number of aryl methyl sites for hydroxylation is 1. The van der Waals surface area contributed by atoms with Crippen molar-refractivity contribution in [2.75, 3.05) is 13.2 Å². The van der Waals surface area contributed by atoms with Gasteiger partial charge >= 0.3 is 0 Å². The zero-order chi connectivity index (χ0) is 13.4. The van der Waals surface area contributed by atoms with Crippen LogP contribution in [0.2, 0.25) is 0 Å². The van der Waals surface area contributed by atoms with Crippen molar-refractivity contribution in [3.8, 4) is 22.8 Å². The highest BCUT2D eigenvalue weighted by molar-refractivity contribution is 5.90. The lowest BCUT2D eigenvalue weighted by atomic mass is 10.1. The normalized spacial score (nSPS) is 13.3. The zero-order valence-electron chi connectivity index (χ0n) is 10.4. The van der Waals surface area contributed by atoms with Gasteiger partial charge in [-0.25, -0.2) is 4.98 Å². The van der Waals surface area contributed by atoms with Crippen LogP contribution in [-0.4, -0.2) is 29.1 Å². The van der Waals surface area contributed by atoms with E-state index in [2.05, 4.69) is 9.97 Å². The smallest absolute Gasteiger partial charge is 0.284 e. The minimum Gasteiger partial charge on any atom is -0.486 e. The Bertz CT molecular complexity index is 649. The van der Waals surface area contributed by atoms with E-state index in [1.165, 1.54) is 0 Å². The number of imidazole rings is 1. The van der Waals surface area contributed by atoms with E-state index in [0.29, 0.717) is 24.7 Å². The topological polar surface area (TPSA) is 90.2 Å². The van der Waals surface area contributed by atoms with Gasteiger partial charge in [0.05, 0.1) is 5.69 Å². The summed E-state index contributed by atoms with van der Waals surface area (Å²) >= 11 is 0. The third kappa shape index (κ3) is 2.01. The summed E-state index contributed by atoms with van der Waals surface area (Å²) in [6, 6.07) is 5.56. The third-order valence-corrected chi connectivity index (χ3v) is 2.93. The number of ether oxygens (including phenoxy) is 2. The number of aromatic amines is 1. The molecule has 0 atom stereocenters. The number of aromatic nitrogens is 2. The second kappa shape index (κ2) is 4.31. The van der Waals surface area contributed by atoms with Gasteiger partial charge in [-0.05, 0) is 25.1 Å². The first-order valence-electron chi connectivity index (χ1n) is 5.91. The Morgan fingerprint density at radius 3 is 2.74 bits per heavy atom. The fourth-order valence-electron chi connectivity index (χ4n) is 2.05. The maximum absolute atomic E-state index is 11.1. The molecule has 0 fully saturated rings. The molecule has 1 amide bonds. The molecule has 2 heterocycles. The number of amides is 1. The molecule has 0 unspecified atom stereocenters. The summed E-state index contributed by atoms with van der Waals surface area (Å²) in [5.74, 6) is 0.986. The minimum absolute atomic E-state index is 0.155. The van der Waals surface area contributed by atoms with E-state index in [4.69, 9.17) is 15.2 Å². The summed E-state index contributed by atoms with van der Waals surface area (Å²) in [6.45, 7) is 2.92. The number of fused-ring (bicyclic) bond motifs is 1. The van der Waals surface area contributed by atoms with Gasteiger partial charge in [-0.1, -0.05) is 0 Å². The van der Waals surface area contributed by atoms with Gasteiger partial charge in [0.15, 0.2) is 17.3 Å². The first kappa shape index (κ1) is 11.6. The molecule has 0 bridgehead atoms. The van der Waals surface area contributed by atoms with Crippen molar-refractivity contribution in [2.24, 2.45) is 5.73 Å². The van der Waals surface area contributed by atoms with E-state index < -0.39 is 5.91 Å². The molecule has 3 rings (SSSR count). The Morgan fingerprint density at radius 2 is 2.05 bits per heavy atom. The highest BCUT2D eigenvalue weighted by atomic mass is 16.6. The summed E-state index contributed by atoms with van der Waals surface area (Å²) in [5.41, 5.74) is 7.53. The van der Waals surface area contributed by atoms with Crippen LogP contribution in [0, 0.1) is 6.92 Å². The lowest BCUT2D eigenvalue weighted by Crippen LogP contribution is -2.15. The zero-order valence-corrected chi connectivity index (χ0v) is 10.4. The van der Waals surface area contributed by atoms with Crippen LogP contribution >= 0.6 is 0 Å². The van der Waals surface area contributed by atoms with E-state index in [9.17, 15) is 4.79 Å². The van der Waals surface area contributed by atoms with Gasteiger partial charge in [0, 0.05) is 11.3 Å². The molecule has 2 aromatic rings. The molecule has 0 spiro atoms. The third-order valence-electron chi connectivity index (χ3n) is 2.93. The van der Waals surface area contributed by atoms with Crippen molar-refractivity contribution in [3.63, 3.8) is 0 Å². The molecule has 0 saturated heterocycles. The molecule has 3 N–H and O–H groups in total. The predicted octanol–water partition coefficient (Wildman–Crippen LogP) is 1.26. The lowest BCUT2D eigenvalue weighted by molar-refractivity contribution is 0.0991. The van der Waals surface area contributed by atoms with Crippen LogP contribution in [0.25, 0.3) is 11.3 Å². The number of nitrogens with two attached hydrogens (primary N) is 1. The molecule has 19 heavy (non-hydrogen) atoms. The molecule has 6 heteroatoms. The van der Waals surface area contributed by atoms with Crippen LogP contribution in [0.3, 0.4) is 0 Å². The fourth-order valence-corrected chi connectivity index (χ4v) is 2.05. The maximum Gasteiger partial charge on any atom is 0.284 e. The number of primary amides is 1. The van der Waals surface area contributed by atoms with Crippen LogP contribution in [-0.2, 0) is 0 Å². The van der Waals surface area contributed by atoms with E-state index in [1.807, 2.05) is 25.1 Å². The van der Waals surface area contributed by atoms with E-state index in [1.54, 1.807) is 0 Å². The number of hydrogen-bond acceptors (Lipinski definition) is 4. The quantitative estimate of drug-likeness (QED) is 0.849. The average molecular weight is 259 g/mol. The molecule has 0 radical (unpaired) electrons. The number of nitrogens with zero attached hydrogens (tertiary/aromatic N) is 1. The number of hydrogen-bond donors (Lipinski definition) is 2. The van der Waals surface area contributed by atoms with Gasteiger partial charge < -0.3 is 20.2 Å². The van der Waals surface area contributed by atoms with Crippen molar-refractivity contribution >= 4 is 5.91 Å². The Balaban J connectivity index is 2.04. The van der Waals surface area contributed by atoms with Crippen molar-refractivity contribution in [3.05, 3.63) is 29.7 Å². The molecule has 1 aliphatic heterocycles. The van der Waals surface area contributed by atoms with Gasteiger partial charge in [0.2, 0.25) is 0 Å². The first-order valence-corrected chi connectivity index (χ1v) is 5.91. The summed E-state index contributed by atoms with van der Waals surface area (Å²) in [4.78, 5) is 18.2. The Morgan fingerprint density at radius 1 is 1.32 bits per heavy atom. The number of H-pyrrole nitrogens is 1. The van der Waals surface area contributed by atoms with E-state index in [0.717, 1.165) is 17.0 Å². The molecule has 1 aromatic carbocycles. The van der Waals surface area contributed by atoms with Gasteiger partial charge in [0.25, 0.3) is 5.91 Å². The van der Waals surface area contributed by atoms with Gasteiger partial charge in [-0.3, -0.25) is 4.79 Å². The molecular formula is C13H13N3O3. The second-order valence-corrected chi connectivity index (χ2v) is 4.28. The van der Waals surface area contributed by atoms with Crippen molar-refractivity contribution < 1.29 is 14.3 Å². The SMILES string of the molecule is Cc1[nH]c(C(N)=O)nc1-c1ccc2c(c1)OCCO2. The summed E-state index contributed by atoms with van der Waals surface area (Å²) in [6.07, 6.45) is 0. The monoisotopic (exact) mass is 259 g/mol. The largest absolute Gasteiger partial charge is 0.486 e. The van der Waals surface area contributed by atoms with Crippen LogP contribution in [0.4, 0.5) is 0 Å². The van der Waals surface area contributed by atoms with Crippen LogP contribution in [0.1, 0.15) is 16.3 Å². The molecule has 1 aromatic heterocycles. The number of benzene rings is 1. The van der Waals surface area contributed by atoms with E-state index >= 15 is 0 Å². The van der Waals surface area contributed by atoms with Crippen molar-refractivity contribution in [1.82, 2.24) is 9.97 Å². The standard InChI is InChI=1S/C13H13N3O3/c1-7-11(16-13(15-7)12(14)17)8-2-3-9-10(6-8)19-5-4-18-9/h2-3,6H,4-5H2,1H3,(H2,14,17)(H,15,16). The van der Waals surface area contributed by atoms with Gasteiger partial charge in [-0.15, -0.1) is 0 Å². The Hall–Kier alpha value is -2.50. The molecule has 0 aliphatic carbocycles. The van der Waals surface area contributed by atoms with Crippen molar-refractivity contribution in [1.29, 1.82) is 0 Å². The number of rotatable bonds is 2. The van der Waals surface area contributed by atoms with Gasteiger partial charge in [0.1, 0.15) is 13.2 Å². The van der Waals surface area contributed by atoms with Gasteiger partial charge in [-0.2, -0.15) is 0 Å².